The summed E-state index contributed by atoms with van der Waals surface area (Å²) < 4.78 is 25.6. The van der Waals surface area contributed by atoms with Crippen LogP contribution in [0, 0.1) is 0 Å². The van der Waals surface area contributed by atoms with Gasteiger partial charge in [-0.1, -0.05) is 0 Å². The van der Waals surface area contributed by atoms with E-state index in [1.807, 2.05) is 0 Å². The van der Waals surface area contributed by atoms with Crippen LogP contribution in [-0.4, -0.2) is 30.5 Å². The van der Waals surface area contributed by atoms with Gasteiger partial charge in [0.2, 0.25) is 0 Å². The number of halogens is 1. The molecule has 0 spiro atoms. The van der Waals surface area contributed by atoms with E-state index in [0.717, 1.165) is 0 Å². The van der Waals surface area contributed by atoms with Gasteiger partial charge in [0, 0.05) is 11.9 Å². The highest BCUT2D eigenvalue weighted by molar-refractivity contribution is 7.89. The van der Waals surface area contributed by atoms with Crippen LogP contribution in [0.15, 0.2) is 17.3 Å². The lowest BCUT2D eigenvalue weighted by atomic mass is 10.3. The molecule has 0 aromatic carbocycles. The summed E-state index contributed by atoms with van der Waals surface area (Å²) in [6.07, 6.45) is 1.98. The highest BCUT2D eigenvalue weighted by atomic mass is 35.5. The Labute approximate surface area is 87.9 Å². The molecule has 1 aromatic heterocycles. The predicted molar refractivity (Wildman–Crippen MR) is 53.7 cm³/mol. The molecule has 5 nitrogen and oxygen atoms in total. The van der Waals surface area contributed by atoms with Crippen LogP contribution in [-0.2, 0) is 10.0 Å². The van der Waals surface area contributed by atoms with Gasteiger partial charge in [0.15, 0.2) is 5.03 Å². The molecule has 0 radical (unpaired) electrons. The smallest absolute Gasteiger partial charge is 0.257 e. The van der Waals surface area contributed by atoms with Crippen molar-refractivity contribution in [2.24, 2.45) is 0 Å². The summed E-state index contributed by atoms with van der Waals surface area (Å²) in [4.78, 5) is 0. The monoisotopic (exact) mass is 237 g/mol. The molecule has 1 aromatic rings. The van der Waals surface area contributed by atoms with E-state index in [0.29, 0.717) is 12.3 Å². The maximum absolute atomic E-state index is 11.6. The van der Waals surface area contributed by atoms with E-state index in [9.17, 15) is 8.42 Å². The van der Waals surface area contributed by atoms with Crippen LogP contribution in [0.2, 0.25) is 0 Å². The van der Waals surface area contributed by atoms with E-state index in [4.69, 9.17) is 11.6 Å². The molecular weight excluding hydrogens is 226 g/mol. The molecule has 14 heavy (non-hydrogen) atoms. The molecule has 80 valence electrons. The fraction of sp³-hybridized carbons (Fsp3) is 0.571. The second-order valence-corrected chi connectivity index (χ2v) is 4.98. The minimum absolute atomic E-state index is 0.0684. The van der Waals surface area contributed by atoms with E-state index >= 15 is 0 Å². The van der Waals surface area contributed by atoms with E-state index < -0.39 is 10.0 Å². The van der Waals surface area contributed by atoms with Gasteiger partial charge in [0.1, 0.15) is 0 Å². The van der Waals surface area contributed by atoms with Crippen molar-refractivity contribution < 1.29 is 8.42 Å². The van der Waals surface area contributed by atoms with Gasteiger partial charge in [-0.25, -0.2) is 13.1 Å². The number of aromatic nitrogens is 2. The average Bonchev–Trinajstić information content (AvgIpc) is 2.54. The normalized spacial score (nSPS) is 14.1. The molecule has 0 saturated heterocycles. The molecule has 0 aliphatic heterocycles. The fourth-order valence-electron chi connectivity index (χ4n) is 0.944. The maximum Gasteiger partial charge on any atom is 0.257 e. The van der Waals surface area contributed by atoms with Crippen molar-refractivity contribution in [1.82, 2.24) is 14.9 Å². The third kappa shape index (κ3) is 2.97. The van der Waals surface area contributed by atoms with Gasteiger partial charge in [-0.05, 0) is 19.4 Å². The zero-order valence-corrected chi connectivity index (χ0v) is 9.27. The van der Waals surface area contributed by atoms with Gasteiger partial charge in [-0.15, -0.1) is 11.6 Å². The standard InChI is InChI=1S/C7H12ClN3O2S/c1-6(2-4-8)11-14(12,13)7-3-5-9-10-7/h3,5-6,11H,2,4H2,1H3,(H,9,10). The number of hydrogen-bond acceptors (Lipinski definition) is 3. The van der Waals surface area contributed by atoms with Crippen LogP contribution < -0.4 is 4.72 Å². The van der Waals surface area contributed by atoms with Crippen molar-refractivity contribution in [2.75, 3.05) is 5.88 Å². The van der Waals surface area contributed by atoms with Gasteiger partial charge in [0.05, 0.1) is 6.20 Å². The number of nitrogens with one attached hydrogen (secondary N) is 2. The molecule has 0 amide bonds. The van der Waals surface area contributed by atoms with Gasteiger partial charge in [-0.2, -0.15) is 5.10 Å². The third-order valence-electron chi connectivity index (χ3n) is 1.66. The molecule has 1 rings (SSSR count). The van der Waals surface area contributed by atoms with Crippen molar-refractivity contribution >= 4 is 21.6 Å². The molecule has 1 atom stereocenters. The summed E-state index contributed by atoms with van der Waals surface area (Å²) >= 11 is 5.50. The van der Waals surface area contributed by atoms with Crippen LogP contribution in [0.4, 0.5) is 0 Å². The quantitative estimate of drug-likeness (QED) is 0.741. The Hall–Kier alpha value is -0.590. The first-order chi connectivity index (χ1) is 6.56. The molecule has 1 unspecified atom stereocenters. The third-order valence-corrected chi connectivity index (χ3v) is 3.40. The van der Waals surface area contributed by atoms with Crippen molar-refractivity contribution in [3.63, 3.8) is 0 Å². The Bertz CT molecular complexity index is 362. The molecule has 1 heterocycles. The second kappa shape index (κ2) is 4.77. The van der Waals surface area contributed by atoms with Crippen molar-refractivity contribution in [2.45, 2.75) is 24.4 Å². The molecule has 7 heteroatoms. The first-order valence-corrected chi connectivity index (χ1v) is 6.15. The van der Waals surface area contributed by atoms with E-state index in [1.165, 1.54) is 12.3 Å². The summed E-state index contributed by atoms with van der Waals surface area (Å²) in [5.74, 6) is 0.423. The topological polar surface area (TPSA) is 74.8 Å². The van der Waals surface area contributed by atoms with Crippen molar-refractivity contribution in [1.29, 1.82) is 0 Å². The lowest BCUT2D eigenvalue weighted by molar-refractivity contribution is 0.553. The molecular formula is C7H12ClN3O2S. The Morgan fingerprint density at radius 3 is 2.93 bits per heavy atom. The highest BCUT2D eigenvalue weighted by Gasteiger charge is 2.17. The summed E-state index contributed by atoms with van der Waals surface area (Å²) in [7, 11) is -3.47. The number of sulfonamides is 1. The Kier molecular flexibility index (Phi) is 3.91. The number of aromatic amines is 1. The number of rotatable bonds is 5. The molecule has 0 aliphatic carbocycles. The Balaban J connectivity index is 2.68. The lowest BCUT2D eigenvalue weighted by Gasteiger charge is -2.10. The molecule has 0 fully saturated rings. The number of H-pyrrole nitrogens is 1. The van der Waals surface area contributed by atoms with Crippen LogP contribution >= 0.6 is 11.6 Å². The minimum atomic E-state index is -3.47. The van der Waals surface area contributed by atoms with Crippen LogP contribution in [0.5, 0.6) is 0 Å². The van der Waals surface area contributed by atoms with E-state index in [-0.39, 0.29) is 11.1 Å². The Morgan fingerprint density at radius 2 is 2.43 bits per heavy atom. The van der Waals surface area contributed by atoms with E-state index in [2.05, 4.69) is 14.9 Å². The first kappa shape index (κ1) is 11.5. The summed E-state index contributed by atoms with van der Waals surface area (Å²) in [6.45, 7) is 1.76. The molecule has 2 N–H and O–H groups in total. The van der Waals surface area contributed by atoms with Gasteiger partial charge < -0.3 is 0 Å². The number of alkyl halides is 1. The highest BCUT2D eigenvalue weighted by Crippen LogP contribution is 2.05. The van der Waals surface area contributed by atoms with Gasteiger partial charge in [-0.3, -0.25) is 5.10 Å². The summed E-state index contributed by atoms with van der Waals surface area (Å²) in [6, 6.07) is 1.22. The van der Waals surface area contributed by atoms with Crippen LogP contribution in [0.1, 0.15) is 13.3 Å². The van der Waals surface area contributed by atoms with Crippen molar-refractivity contribution in [3.05, 3.63) is 12.3 Å². The average molecular weight is 238 g/mol. The first-order valence-electron chi connectivity index (χ1n) is 4.14. The lowest BCUT2D eigenvalue weighted by Crippen LogP contribution is -2.33. The molecule has 0 saturated carbocycles. The largest absolute Gasteiger partial charge is 0.266 e. The zero-order valence-electron chi connectivity index (χ0n) is 7.70. The van der Waals surface area contributed by atoms with E-state index in [1.54, 1.807) is 6.92 Å². The van der Waals surface area contributed by atoms with Gasteiger partial charge in [0.25, 0.3) is 10.0 Å². The summed E-state index contributed by atoms with van der Waals surface area (Å²) in [5, 5.41) is 6.03. The second-order valence-electron chi connectivity index (χ2n) is 2.92. The molecule has 0 bridgehead atoms. The SMILES string of the molecule is CC(CCCl)NS(=O)(=O)c1ccn[nH]1. The zero-order chi connectivity index (χ0) is 10.6. The summed E-state index contributed by atoms with van der Waals surface area (Å²) in [5.41, 5.74) is 0. The number of nitrogens with zero attached hydrogens (tertiary/aromatic N) is 1. The maximum atomic E-state index is 11.6. The minimum Gasteiger partial charge on any atom is -0.266 e. The fourth-order valence-corrected chi connectivity index (χ4v) is 2.46. The Morgan fingerprint density at radius 1 is 1.71 bits per heavy atom. The molecule has 0 aliphatic rings. The number of hydrogen-bond donors (Lipinski definition) is 2. The van der Waals surface area contributed by atoms with Crippen LogP contribution in [0.3, 0.4) is 0 Å². The van der Waals surface area contributed by atoms with Gasteiger partial charge >= 0.3 is 0 Å². The van der Waals surface area contributed by atoms with Crippen LogP contribution in [0.25, 0.3) is 0 Å². The van der Waals surface area contributed by atoms with Crippen molar-refractivity contribution in [3.8, 4) is 0 Å². The predicted octanol–water partition coefficient (Wildman–Crippen LogP) is 0.705.